The first kappa shape index (κ1) is 17.8. The Labute approximate surface area is 160 Å². The van der Waals surface area contributed by atoms with Crippen LogP contribution in [0, 0.1) is 6.92 Å². The first-order valence-corrected chi connectivity index (χ1v) is 9.71. The Morgan fingerprint density at radius 3 is 2.93 bits per heavy atom. The minimum absolute atomic E-state index is 0.193. The van der Waals surface area contributed by atoms with Gasteiger partial charge in [-0.2, -0.15) is 0 Å². The fraction of sp³-hybridized carbons (Fsp3) is 0.348. The lowest BCUT2D eigenvalue weighted by Gasteiger charge is -2.29. The average molecular weight is 362 g/mol. The molecule has 4 heteroatoms. The molecule has 27 heavy (non-hydrogen) atoms. The molecular weight excluding hydrogens is 336 g/mol. The van der Waals surface area contributed by atoms with E-state index in [2.05, 4.69) is 35.0 Å². The van der Waals surface area contributed by atoms with Gasteiger partial charge in [0.1, 0.15) is 11.3 Å². The van der Waals surface area contributed by atoms with Crippen molar-refractivity contribution in [3.8, 4) is 11.6 Å². The summed E-state index contributed by atoms with van der Waals surface area (Å²) in [5.74, 6) is 0.768. The number of hydrogen-bond donors (Lipinski definition) is 1. The average Bonchev–Trinajstić information content (AvgIpc) is 2.68. The molecule has 0 atom stereocenters. The molecule has 1 aliphatic heterocycles. The van der Waals surface area contributed by atoms with Gasteiger partial charge in [-0.05, 0) is 56.0 Å². The molecule has 1 aliphatic rings. The van der Waals surface area contributed by atoms with Crippen LogP contribution in [0.2, 0.25) is 0 Å². The molecular formula is C23H26N2O2. The second-order valence-corrected chi connectivity index (χ2v) is 7.35. The molecule has 0 saturated heterocycles. The normalized spacial score (nSPS) is 14.3. The molecule has 0 radical (unpaired) electrons. The Bertz CT molecular complexity index is 939. The highest BCUT2D eigenvalue weighted by Gasteiger charge is 2.15. The zero-order valence-electron chi connectivity index (χ0n) is 15.8. The van der Waals surface area contributed by atoms with Gasteiger partial charge in [-0.1, -0.05) is 35.9 Å². The summed E-state index contributed by atoms with van der Waals surface area (Å²) in [5.41, 5.74) is 4.94. The number of phenols is 1. The van der Waals surface area contributed by atoms with Gasteiger partial charge in [-0.3, -0.25) is 4.90 Å². The van der Waals surface area contributed by atoms with Crippen molar-refractivity contribution in [3.05, 3.63) is 65.2 Å². The zero-order chi connectivity index (χ0) is 18.6. The molecule has 0 unspecified atom stereocenters. The predicted molar refractivity (Wildman–Crippen MR) is 108 cm³/mol. The van der Waals surface area contributed by atoms with E-state index in [1.807, 2.05) is 24.3 Å². The second kappa shape index (κ2) is 7.97. The van der Waals surface area contributed by atoms with Crippen molar-refractivity contribution < 1.29 is 9.84 Å². The van der Waals surface area contributed by atoms with Gasteiger partial charge in [-0.25, -0.2) is 4.98 Å². The zero-order valence-corrected chi connectivity index (χ0v) is 15.8. The van der Waals surface area contributed by atoms with Crippen LogP contribution in [0.3, 0.4) is 0 Å². The number of para-hydroxylation sites is 1. The summed E-state index contributed by atoms with van der Waals surface area (Å²) in [7, 11) is 0. The summed E-state index contributed by atoms with van der Waals surface area (Å²) < 4.78 is 5.79. The summed E-state index contributed by atoms with van der Waals surface area (Å²) in [6, 6.07) is 16.0. The Kier molecular flexibility index (Phi) is 5.26. The number of fused-ring (bicyclic) bond motifs is 2. The molecule has 0 fully saturated rings. The predicted octanol–water partition coefficient (Wildman–Crippen LogP) is 4.47. The Balaban J connectivity index is 1.23. The molecule has 4 nitrogen and oxygen atoms in total. The van der Waals surface area contributed by atoms with E-state index in [0.717, 1.165) is 44.3 Å². The lowest BCUT2D eigenvalue weighted by molar-refractivity contribution is 0.233. The molecule has 1 aromatic heterocycles. The van der Waals surface area contributed by atoms with E-state index in [-0.39, 0.29) is 5.75 Å². The number of nitrogens with zero attached hydrogens (tertiary/aromatic N) is 2. The van der Waals surface area contributed by atoms with Crippen molar-refractivity contribution in [3.63, 3.8) is 0 Å². The van der Waals surface area contributed by atoms with Crippen molar-refractivity contribution >= 4 is 10.9 Å². The third kappa shape index (κ3) is 4.22. The number of aromatic hydroxyl groups is 1. The van der Waals surface area contributed by atoms with E-state index in [4.69, 9.17) is 4.74 Å². The van der Waals surface area contributed by atoms with Crippen LogP contribution in [0.15, 0.2) is 48.5 Å². The maximum Gasteiger partial charge on any atom is 0.213 e. The molecule has 0 aliphatic carbocycles. The summed E-state index contributed by atoms with van der Waals surface area (Å²) in [4.78, 5) is 6.94. The molecule has 0 spiro atoms. The number of benzene rings is 2. The Morgan fingerprint density at radius 1 is 1.07 bits per heavy atom. The molecule has 0 saturated carbocycles. The van der Waals surface area contributed by atoms with Crippen LogP contribution in [0.4, 0.5) is 0 Å². The van der Waals surface area contributed by atoms with Crippen molar-refractivity contribution in [2.24, 2.45) is 0 Å². The van der Waals surface area contributed by atoms with E-state index in [0.29, 0.717) is 18.0 Å². The quantitative estimate of drug-likeness (QED) is 0.657. The smallest absolute Gasteiger partial charge is 0.213 e. The third-order valence-electron chi connectivity index (χ3n) is 5.25. The van der Waals surface area contributed by atoms with Crippen molar-refractivity contribution in [2.45, 2.75) is 32.7 Å². The minimum atomic E-state index is 0.193. The number of phenolic OH excluding ortho intramolecular Hbond substituents is 1. The highest BCUT2D eigenvalue weighted by atomic mass is 16.5. The standard InChI is InChI=1S/C23H26N2O2/c1-17-7-8-20-16-25(13-11-19(20)15-17)12-2-3-14-27-22-10-9-18-5-4-6-21(26)23(18)24-22/h4-10,15,26H,2-3,11-14,16H2,1H3. The van der Waals surface area contributed by atoms with Crippen molar-refractivity contribution in [1.29, 1.82) is 0 Å². The largest absolute Gasteiger partial charge is 0.506 e. The number of rotatable bonds is 6. The molecule has 2 aromatic carbocycles. The van der Waals surface area contributed by atoms with Crippen molar-refractivity contribution in [1.82, 2.24) is 9.88 Å². The van der Waals surface area contributed by atoms with Gasteiger partial charge < -0.3 is 9.84 Å². The van der Waals surface area contributed by atoms with Crippen LogP contribution >= 0.6 is 0 Å². The van der Waals surface area contributed by atoms with Gasteiger partial charge in [0.2, 0.25) is 5.88 Å². The number of unbranched alkanes of at least 4 members (excludes halogenated alkanes) is 1. The van der Waals surface area contributed by atoms with Crippen LogP contribution < -0.4 is 4.74 Å². The van der Waals surface area contributed by atoms with Gasteiger partial charge >= 0.3 is 0 Å². The SMILES string of the molecule is Cc1ccc2c(c1)CCN(CCCCOc1ccc3cccc(O)c3n1)C2. The van der Waals surface area contributed by atoms with Crippen LogP contribution in [0.25, 0.3) is 10.9 Å². The number of aromatic nitrogens is 1. The highest BCUT2D eigenvalue weighted by Crippen LogP contribution is 2.25. The molecule has 4 rings (SSSR count). The topological polar surface area (TPSA) is 45.6 Å². The lowest BCUT2D eigenvalue weighted by atomic mass is 9.97. The highest BCUT2D eigenvalue weighted by molar-refractivity contribution is 5.84. The van der Waals surface area contributed by atoms with E-state index < -0.39 is 0 Å². The van der Waals surface area contributed by atoms with Crippen LogP contribution in [0.5, 0.6) is 11.6 Å². The first-order valence-electron chi connectivity index (χ1n) is 9.71. The molecule has 2 heterocycles. The van der Waals surface area contributed by atoms with Gasteiger partial charge in [0.15, 0.2) is 0 Å². The minimum Gasteiger partial charge on any atom is -0.506 e. The first-order chi connectivity index (χ1) is 13.2. The molecule has 0 bridgehead atoms. The second-order valence-electron chi connectivity index (χ2n) is 7.35. The van der Waals surface area contributed by atoms with Gasteiger partial charge in [0.25, 0.3) is 0 Å². The monoisotopic (exact) mass is 362 g/mol. The summed E-state index contributed by atoms with van der Waals surface area (Å²) in [5, 5.41) is 10.8. The third-order valence-corrected chi connectivity index (χ3v) is 5.25. The Morgan fingerprint density at radius 2 is 2.00 bits per heavy atom. The van der Waals surface area contributed by atoms with Crippen LogP contribution in [-0.2, 0) is 13.0 Å². The summed E-state index contributed by atoms with van der Waals surface area (Å²) >= 11 is 0. The fourth-order valence-electron chi connectivity index (χ4n) is 3.74. The van der Waals surface area contributed by atoms with Gasteiger partial charge in [0, 0.05) is 24.5 Å². The van der Waals surface area contributed by atoms with Crippen LogP contribution in [-0.4, -0.2) is 34.7 Å². The number of aryl methyl sites for hydroxylation is 1. The maximum atomic E-state index is 9.91. The van der Waals surface area contributed by atoms with Crippen LogP contribution in [0.1, 0.15) is 29.5 Å². The molecule has 1 N–H and O–H groups in total. The van der Waals surface area contributed by atoms with Crippen molar-refractivity contribution in [2.75, 3.05) is 19.7 Å². The number of ether oxygens (including phenoxy) is 1. The summed E-state index contributed by atoms with van der Waals surface area (Å²) in [6.45, 7) is 6.11. The lowest BCUT2D eigenvalue weighted by Crippen LogP contribution is -2.31. The van der Waals surface area contributed by atoms with E-state index >= 15 is 0 Å². The maximum absolute atomic E-state index is 9.91. The Hall–Kier alpha value is -2.59. The van der Waals surface area contributed by atoms with E-state index in [1.165, 1.54) is 16.7 Å². The number of hydrogen-bond acceptors (Lipinski definition) is 4. The van der Waals surface area contributed by atoms with E-state index in [9.17, 15) is 5.11 Å². The summed E-state index contributed by atoms with van der Waals surface area (Å²) in [6.07, 6.45) is 3.26. The molecule has 3 aromatic rings. The number of pyridine rings is 1. The van der Waals surface area contributed by atoms with E-state index in [1.54, 1.807) is 6.07 Å². The molecule has 0 amide bonds. The van der Waals surface area contributed by atoms with Gasteiger partial charge in [0.05, 0.1) is 6.61 Å². The fourth-order valence-corrected chi connectivity index (χ4v) is 3.74. The molecule has 140 valence electrons. The van der Waals surface area contributed by atoms with Gasteiger partial charge in [-0.15, -0.1) is 0 Å².